The van der Waals surface area contributed by atoms with Crippen molar-refractivity contribution in [3.05, 3.63) is 68.8 Å². The van der Waals surface area contributed by atoms with Gasteiger partial charge < -0.3 is 5.32 Å². The van der Waals surface area contributed by atoms with E-state index in [1.54, 1.807) is 11.3 Å². The fraction of sp³-hybridized carbons (Fsp3) is 0.188. The summed E-state index contributed by atoms with van der Waals surface area (Å²) in [7, 11) is 0. The molecule has 3 aromatic rings. The third-order valence-corrected chi connectivity index (χ3v) is 5.13. The second kappa shape index (κ2) is 6.20. The zero-order valence-electron chi connectivity index (χ0n) is 11.2. The van der Waals surface area contributed by atoms with Crippen LogP contribution in [0.25, 0.3) is 0 Å². The van der Waals surface area contributed by atoms with Crippen LogP contribution in [0.2, 0.25) is 0 Å². The highest BCUT2D eigenvalue weighted by atomic mass is 32.1. The largest absolute Gasteiger partial charge is 0.376 e. The first-order chi connectivity index (χ1) is 9.83. The number of anilines is 1. The fourth-order valence-electron chi connectivity index (χ4n) is 2.15. The van der Waals surface area contributed by atoms with Crippen molar-refractivity contribution in [2.75, 3.05) is 5.32 Å². The average molecular weight is 300 g/mol. The van der Waals surface area contributed by atoms with Crippen LogP contribution in [0, 0.1) is 6.92 Å². The fourth-order valence-corrected chi connectivity index (χ4v) is 3.67. The summed E-state index contributed by atoms with van der Waals surface area (Å²) in [5, 5.41) is 7.91. The Balaban J connectivity index is 1.84. The molecule has 1 N–H and O–H groups in total. The van der Waals surface area contributed by atoms with Crippen molar-refractivity contribution < 1.29 is 0 Å². The number of pyridine rings is 1. The van der Waals surface area contributed by atoms with Crippen molar-refractivity contribution in [3.8, 4) is 0 Å². The Labute approximate surface area is 127 Å². The lowest BCUT2D eigenvalue weighted by atomic mass is 10.1. The molecule has 102 valence electrons. The van der Waals surface area contributed by atoms with E-state index in [1.165, 1.54) is 15.3 Å². The number of rotatable bonds is 5. The molecule has 0 amide bonds. The van der Waals surface area contributed by atoms with Crippen molar-refractivity contribution in [3.63, 3.8) is 0 Å². The van der Waals surface area contributed by atoms with Gasteiger partial charge in [0.25, 0.3) is 0 Å². The molecule has 3 heterocycles. The third-order valence-electron chi connectivity index (χ3n) is 3.24. The molecule has 0 aromatic carbocycles. The topological polar surface area (TPSA) is 24.9 Å². The smallest absolute Gasteiger partial charge is 0.0655 e. The molecular formula is C16H16N2S2. The van der Waals surface area contributed by atoms with Crippen LogP contribution in [0.15, 0.2) is 53.5 Å². The summed E-state index contributed by atoms with van der Waals surface area (Å²) in [6, 6.07) is 11.0. The van der Waals surface area contributed by atoms with Gasteiger partial charge in [-0.05, 0) is 41.4 Å². The number of nitrogens with one attached hydrogen (secondary N) is 1. The number of aryl methyl sites for hydroxylation is 1. The molecule has 0 aliphatic carbocycles. The summed E-state index contributed by atoms with van der Waals surface area (Å²) in [6.07, 6.45) is 4.75. The predicted molar refractivity (Wildman–Crippen MR) is 87.7 cm³/mol. The zero-order valence-corrected chi connectivity index (χ0v) is 12.9. The molecule has 0 aliphatic rings. The Morgan fingerprint density at radius 3 is 2.70 bits per heavy atom. The van der Waals surface area contributed by atoms with Gasteiger partial charge in [0.2, 0.25) is 0 Å². The number of hydrogen-bond acceptors (Lipinski definition) is 4. The van der Waals surface area contributed by atoms with E-state index in [1.807, 2.05) is 29.8 Å². The van der Waals surface area contributed by atoms with Crippen molar-refractivity contribution in [1.82, 2.24) is 4.98 Å². The Hall–Kier alpha value is -1.65. The van der Waals surface area contributed by atoms with Gasteiger partial charge in [0.1, 0.15) is 0 Å². The summed E-state index contributed by atoms with van der Waals surface area (Å²) in [5.41, 5.74) is 2.34. The van der Waals surface area contributed by atoms with Gasteiger partial charge in [-0.1, -0.05) is 12.1 Å². The summed E-state index contributed by atoms with van der Waals surface area (Å²) in [4.78, 5) is 6.98. The second-order valence-electron chi connectivity index (χ2n) is 4.69. The normalized spacial score (nSPS) is 12.2. The van der Waals surface area contributed by atoms with Gasteiger partial charge in [0, 0.05) is 22.4 Å². The Kier molecular flexibility index (Phi) is 4.14. The number of nitrogens with zero attached hydrogens (tertiary/aromatic N) is 1. The molecule has 1 unspecified atom stereocenters. The molecule has 3 rings (SSSR count). The van der Waals surface area contributed by atoms with E-state index >= 15 is 0 Å². The minimum Gasteiger partial charge on any atom is -0.376 e. The highest BCUT2D eigenvalue weighted by molar-refractivity contribution is 7.10. The zero-order chi connectivity index (χ0) is 13.8. The van der Waals surface area contributed by atoms with Crippen LogP contribution in [0.5, 0.6) is 0 Å². The molecule has 2 nitrogen and oxygen atoms in total. The van der Waals surface area contributed by atoms with Gasteiger partial charge in [-0.2, -0.15) is 0 Å². The van der Waals surface area contributed by atoms with Crippen LogP contribution in [0.1, 0.15) is 21.4 Å². The van der Waals surface area contributed by atoms with Gasteiger partial charge >= 0.3 is 0 Å². The predicted octanol–water partition coefficient (Wildman–Crippen LogP) is 4.91. The summed E-state index contributed by atoms with van der Waals surface area (Å²) < 4.78 is 0. The maximum absolute atomic E-state index is 4.22. The van der Waals surface area contributed by atoms with Crippen LogP contribution in [0.3, 0.4) is 0 Å². The molecule has 0 bridgehead atoms. The van der Waals surface area contributed by atoms with E-state index in [0.717, 1.165) is 12.1 Å². The van der Waals surface area contributed by atoms with Crippen molar-refractivity contribution in [2.24, 2.45) is 0 Å². The quantitative estimate of drug-likeness (QED) is 0.724. The Bertz CT molecular complexity index is 645. The first-order valence-corrected chi connectivity index (χ1v) is 8.32. The van der Waals surface area contributed by atoms with Gasteiger partial charge in [0.15, 0.2) is 0 Å². The van der Waals surface area contributed by atoms with Crippen molar-refractivity contribution in [2.45, 2.75) is 19.4 Å². The molecule has 0 fully saturated rings. The molecule has 0 saturated heterocycles. The molecule has 0 spiro atoms. The van der Waals surface area contributed by atoms with Crippen LogP contribution in [0.4, 0.5) is 5.69 Å². The van der Waals surface area contributed by atoms with Gasteiger partial charge in [0.05, 0.1) is 17.9 Å². The maximum Gasteiger partial charge on any atom is 0.0655 e. The van der Waals surface area contributed by atoms with E-state index in [9.17, 15) is 0 Å². The highest BCUT2D eigenvalue weighted by Crippen LogP contribution is 2.29. The van der Waals surface area contributed by atoms with Crippen LogP contribution >= 0.6 is 22.7 Å². The molecule has 1 atom stereocenters. The molecule has 0 radical (unpaired) electrons. The molecule has 0 saturated carbocycles. The van der Waals surface area contributed by atoms with E-state index in [4.69, 9.17) is 0 Å². The third kappa shape index (κ3) is 3.08. The number of aromatic nitrogens is 1. The van der Waals surface area contributed by atoms with Gasteiger partial charge in [-0.15, -0.1) is 22.7 Å². The van der Waals surface area contributed by atoms with Gasteiger partial charge in [-0.25, -0.2) is 0 Å². The highest BCUT2D eigenvalue weighted by Gasteiger charge is 2.15. The van der Waals surface area contributed by atoms with E-state index in [2.05, 4.69) is 52.3 Å². The SMILES string of the molecule is Cc1ccncc1NC(Cc1cccs1)c1cccs1. The minimum atomic E-state index is 0.302. The van der Waals surface area contributed by atoms with Crippen LogP contribution < -0.4 is 5.32 Å². The Morgan fingerprint density at radius 1 is 1.15 bits per heavy atom. The Morgan fingerprint density at radius 2 is 2.00 bits per heavy atom. The summed E-state index contributed by atoms with van der Waals surface area (Å²) in [5.74, 6) is 0. The first kappa shape index (κ1) is 13.3. The molecular weight excluding hydrogens is 284 g/mol. The monoisotopic (exact) mass is 300 g/mol. The molecule has 0 aliphatic heterocycles. The lowest BCUT2D eigenvalue weighted by molar-refractivity contribution is 0.800. The van der Waals surface area contributed by atoms with E-state index in [-0.39, 0.29) is 0 Å². The second-order valence-corrected chi connectivity index (χ2v) is 6.70. The van der Waals surface area contributed by atoms with Crippen LogP contribution in [-0.4, -0.2) is 4.98 Å². The first-order valence-electron chi connectivity index (χ1n) is 6.56. The number of thiophene rings is 2. The molecule has 3 aromatic heterocycles. The molecule has 20 heavy (non-hydrogen) atoms. The lowest BCUT2D eigenvalue weighted by Gasteiger charge is -2.19. The summed E-state index contributed by atoms with van der Waals surface area (Å²) in [6.45, 7) is 2.11. The molecule has 4 heteroatoms. The van der Waals surface area contributed by atoms with Gasteiger partial charge in [-0.3, -0.25) is 4.98 Å². The van der Waals surface area contributed by atoms with Crippen molar-refractivity contribution in [1.29, 1.82) is 0 Å². The average Bonchev–Trinajstić information content (AvgIpc) is 3.12. The maximum atomic E-state index is 4.22. The minimum absolute atomic E-state index is 0.302. The lowest BCUT2D eigenvalue weighted by Crippen LogP contribution is -2.12. The number of hydrogen-bond donors (Lipinski definition) is 1. The standard InChI is InChI=1S/C16H16N2S2/c1-12-6-7-17-11-15(12)18-14(16-5-3-9-20-16)10-13-4-2-8-19-13/h2-9,11,14,18H,10H2,1H3. The van der Waals surface area contributed by atoms with E-state index in [0.29, 0.717) is 6.04 Å². The summed E-state index contributed by atoms with van der Waals surface area (Å²) >= 11 is 3.61. The van der Waals surface area contributed by atoms with Crippen molar-refractivity contribution >= 4 is 28.4 Å². The van der Waals surface area contributed by atoms with Crippen LogP contribution in [-0.2, 0) is 6.42 Å². The van der Waals surface area contributed by atoms with E-state index < -0.39 is 0 Å².